The molecule has 0 fully saturated rings. The van der Waals surface area contributed by atoms with Crippen LogP contribution in [-0.2, 0) is 9.53 Å². The lowest BCUT2D eigenvalue weighted by molar-refractivity contribution is -0.123. The van der Waals surface area contributed by atoms with E-state index in [-0.39, 0.29) is 5.76 Å². The molecular weight excluding hydrogens is 294 g/mol. The molecule has 0 saturated heterocycles. The maximum Gasteiger partial charge on any atom is 0.375 e. The van der Waals surface area contributed by atoms with Gasteiger partial charge in [-0.05, 0) is 50.2 Å². The molecular formula is C15H14ClNO4. The van der Waals surface area contributed by atoms with Crippen molar-refractivity contribution in [3.8, 4) is 0 Å². The van der Waals surface area contributed by atoms with Crippen LogP contribution in [0.3, 0.4) is 0 Å². The van der Waals surface area contributed by atoms with Gasteiger partial charge in [-0.25, -0.2) is 4.79 Å². The van der Waals surface area contributed by atoms with Gasteiger partial charge in [0, 0.05) is 10.7 Å². The fourth-order valence-corrected chi connectivity index (χ4v) is 1.72. The summed E-state index contributed by atoms with van der Waals surface area (Å²) in [5.41, 5.74) is 0.571. The molecule has 0 radical (unpaired) electrons. The maximum atomic E-state index is 11.9. The molecule has 0 aliphatic carbocycles. The van der Waals surface area contributed by atoms with E-state index in [0.717, 1.165) is 0 Å². The number of carbonyl (C=O) groups is 2. The number of rotatable bonds is 4. The molecule has 0 aliphatic heterocycles. The number of carbonyl (C=O) groups excluding carboxylic acids is 2. The van der Waals surface area contributed by atoms with E-state index in [1.54, 1.807) is 37.3 Å². The van der Waals surface area contributed by atoms with Gasteiger partial charge in [-0.2, -0.15) is 0 Å². The number of esters is 1. The van der Waals surface area contributed by atoms with Crippen molar-refractivity contribution in [3.05, 3.63) is 52.9 Å². The number of ether oxygens (including phenoxy) is 1. The minimum atomic E-state index is -0.946. The minimum absolute atomic E-state index is 0.0682. The highest BCUT2D eigenvalue weighted by Crippen LogP contribution is 2.14. The Kier molecular flexibility index (Phi) is 4.65. The van der Waals surface area contributed by atoms with Crippen LogP contribution < -0.4 is 5.32 Å². The van der Waals surface area contributed by atoms with E-state index in [4.69, 9.17) is 20.8 Å². The first kappa shape index (κ1) is 15.1. The van der Waals surface area contributed by atoms with E-state index in [9.17, 15) is 9.59 Å². The second-order valence-corrected chi connectivity index (χ2v) is 4.89. The van der Waals surface area contributed by atoms with Crippen molar-refractivity contribution in [1.82, 2.24) is 0 Å². The maximum absolute atomic E-state index is 11.9. The standard InChI is InChI=1S/C15H14ClNO4/c1-9-3-8-13(20-9)15(19)21-10(2)14(18)17-12-6-4-11(16)5-7-12/h3-8,10H,1-2H3,(H,17,18)/t10-/m0/s1. The molecule has 1 heterocycles. The Labute approximate surface area is 126 Å². The van der Waals surface area contributed by atoms with Crippen LogP contribution in [-0.4, -0.2) is 18.0 Å². The lowest BCUT2D eigenvalue weighted by Gasteiger charge is -2.12. The van der Waals surface area contributed by atoms with Crippen molar-refractivity contribution in [2.45, 2.75) is 20.0 Å². The topological polar surface area (TPSA) is 68.5 Å². The van der Waals surface area contributed by atoms with Crippen LogP contribution in [0.5, 0.6) is 0 Å². The zero-order valence-corrected chi connectivity index (χ0v) is 12.3. The smallest absolute Gasteiger partial charge is 0.375 e. The van der Waals surface area contributed by atoms with E-state index in [1.165, 1.54) is 13.0 Å². The number of aryl methyl sites for hydroxylation is 1. The zero-order chi connectivity index (χ0) is 15.4. The Bertz CT molecular complexity index is 648. The summed E-state index contributed by atoms with van der Waals surface area (Å²) in [7, 11) is 0. The predicted molar refractivity (Wildman–Crippen MR) is 78.4 cm³/mol. The summed E-state index contributed by atoms with van der Waals surface area (Å²) in [6.07, 6.45) is -0.946. The van der Waals surface area contributed by atoms with Gasteiger partial charge in [0.2, 0.25) is 5.76 Å². The van der Waals surface area contributed by atoms with Gasteiger partial charge in [0.05, 0.1) is 0 Å². The number of anilines is 1. The van der Waals surface area contributed by atoms with Crippen LogP contribution in [0.1, 0.15) is 23.2 Å². The Morgan fingerprint density at radius 2 is 1.86 bits per heavy atom. The predicted octanol–water partition coefficient (Wildman–Crippen LogP) is 3.43. The molecule has 0 saturated carbocycles. The molecule has 1 aromatic heterocycles. The molecule has 2 rings (SSSR count). The highest BCUT2D eigenvalue weighted by molar-refractivity contribution is 6.30. The van der Waals surface area contributed by atoms with Gasteiger partial charge >= 0.3 is 5.97 Å². The van der Waals surface area contributed by atoms with E-state index in [2.05, 4.69) is 5.32 Å². The van der Waals surface area contributed by atoms with Crippen LogP contribution in [0.4, 0.5) is 5.69 Å². The fourth-order valence-electron chi connectivity index (χ4n) is 1.59. The fraction of sp³-hybridized carbons (Fsp3) is 0.200. The zero-order valence-electron chi connectivity index (χ0n) is 11.6. The molecule has 5 nitrogen and oxygen atoms in total. The minimum Gasteiger partial charge on any atom is -0.454 e. The third-order valence-electron chi connectivity index (χ3n) is 2.71. The third kappa shape index (κ3) is 4.10. The van der Waals surface area contributed by atoms with Gasteiger partial charge < -0.3 is 14.5 Å². The first-order valence-electron chi connectivity index (χ1n) is 6.29. The quantitative estimate of drug-likeness (QED) is 0.879. The van der Waals surface area contributed by atoms with E-state index in [0.29, 0.717) is 16.5 Å². The first-order valence-corrected chi connectivity index (χ1v) is 6.67. The van der Waals surface area contributed by atoms with Crippen LogP contribution in [0.2, 0.25) is 5.02 Å². The van der Waals surface area contributed by atoms with E-state index in [1.807, 2.05) is 0 Å². The Morgan fingerprint density at radius 3 is 2.43 bits per heavy atom. The van der Waals surface area contributed by atoms with Crippen molar-refractivity contribution in [1.29, 1.82) is 0 Å². The molecule has 110 valence electrons. The number of nitrogens with one attached hydrogen (secondary N) is 1. The summed E-state index contributed by atoms with van der Waals surface area (Å²) < 4.78 is 10.2. The highest BCUT2D eigenvalue weighted by Gasteiger charge is 2.20. The Morgan fingerprint density at radius 1 is 1.19 bits per heavy atom. The average molecular weight is 308 g/mol. The lowest BCUT2D eigenvalue weighted by Crippen LogP contribution is -2.29. The van der Waals surface area contributed by atoms with Crippen LogP contribution in [0.25, 0.3) is 0 Å². The number of furan rings is 1. The van der Waals surface area contributed by atoms with Gasteiger partial charge in [0.1, 0.15) is 5.76 Å². The number of hydrogen-bond donors (Lipinski definition) is 1. The van der Waals surface area contributed by atoms with Crippen LogP contribution >= 0.6 is 11.6 Å². The second-order valence-electron chi connectivity index (χ2n) is 4.45. The summed E-state index contributed by atoms with van der Waals surface area (Å²) in [5.74, 6) is -0.449. The van der Waals surface area contributed by atoms with Gasteiger partial charge in [0.15, 0.2) is 6.10 Å². The van der Waals surface area contributed by atoms with Gasteiger partial charge in [-0.15, -0.1) is 0 Å². The first-order chi connectivity index (χ1) is 9.95. The van der Waals surface area contributed by atoms with Crippen molar-refractivity contribution >= 4 is 29.2 Å². The summed E-state index contributed by atoms with van der Waals surface area (Å²) >= 11 is 5.76. The SMILES string of the molecule is Cc1ccc(C(=O)O[C@@H](C)C(=O)Nc2ccc(Cl)cc2)o1. The number of benzene rings is 1. The van der Waals surface area contributed by atoms with E-state index >= 15 is 0 Å². The molecule has 1 amide bonds. The van der Waals surface area contributed by atoms with Crippen LogP contribution in [0.15, 0.2) is 40.8 Å². The summed E-state index contributed by atoms with van der Waals surface area (Å²) in [6, 6.07) is 9.77. The van der Waals surface area contributed by atoms with Crippen LogP contribution in [0, 0.1) is 6.92 Å². The van der Waals surface area contributed by atoms with Gasteiger partial charge in [-0.1, -0.05) is 11.6 Å². The molecule has 1 aromatic carbocycles. The molecule has 1 N–H and O–H groups in total. The lowest BCUT2D eigenvalue weighted by atomic mass is 10.3. The number of halogens is 1. The monoisotopic (exact) mass is 307 g/mol. The van der Waals surface area contributed by atoms with Crippen molar-refractivity contribution < 1.29 is 18.7 Å². The molecule has 6 heteroatoms. The second kappa shape index (κ2) is 6.45. The molecule has 2 aromatic rings. The largest absolute Gasteiger partial charge is 0.454 e. The van der Waals surface area contributed by atoms with Crippen molar-refractivity contribution in [2.24, 2.45) is 0 Å². The molecule has 1 atom stereocenters. The van der Waals surface area contributed by atoms with Crippen molar-refractivity contribution in [2.75, 3.05) is 5.32 Å². The molecule has 21 heavy (non-hydrogen) atoms. The summed E-state index contributed by atoms with van der Waals surface area (Å²) in [4.78, 5) is 23.7. The summed E-state index contributed by atoms with van der Waals surface area (Å²) in [5, 5.41) is 3.20. The molecule has 0 aliphatic rings. The normalized spacial score (nSPS) is 11.8. The van der Waals surface area contributed by atoms with Crippen molar-refractivity contribution in [3.63, 3.8) is 0 Å². The molecule has 0 spiro atoms. The average Bonchev–Trinajstić information content (AvgIpc) is 2.88. The van der Waals surface area contributed by atoms with Gasteiger partial charge in [0.25, 0.3) is 5.91 Å². The molecule has 0 bridgehead atoms. The number of amides is 1. The van der Waals surface area contributed by atoms with E-state index < -0.39 is 18.0 Å². The Hall–Kier alpha value is -2.27. The third-order valence-corrected chi connectivity index (χ3v) is 2.96. The molecule has 0 unspecified atom stereocenters. The summed E-state index contributed by atoms with van der Waals surface area (Å²) in [6.45, 7) is 3.20. The van der Waals surface area contributed by atoms with Gasteiger partial charge in [-0.3, -0.25) is 4.79 Å². The Balaban J connectivity index is 1.93. The highest BCUT2D eigenvalue weighted by atomic mass is 35.5. The number of hydrogen-bond acceptors (Lipinski definition) is 4.